The highest BCUT2D eigenvalue weighted by Gasteiger charge is 2.32. The fourth-order valence-electron chi connectivity index (χ4n) is 2.28. The van der Waals surface area contributed by atoms with Crippen LogP contribution in [-0.4, -0.2) is 29.9 Å². The molecule has 2 amide bonds. The molecule has 1 rings (SSSR count). The first kappa shape index (κ1) is 17.2. The molecule has 0 saturated carbocycles. The molecule has 1 saturated heterocycles. The Kier molecular flexibility index (Phi) is 6.63. The number of rotatable bonds is 5. The number of hydrogen-bond acceptors (Lipinski definition) is 3. The Morgan fingerprint density at radius 2 is 2.22 bits per heavy atom. The van der Waals surface area contributed by atoms with Crippen LogP contribution in [0.1, 0.15) is 40.0 Å². The van der Waals surface area contributed by atoms with Crippen molar-refractivity contribution in [3.05, 3.63) is 0 Å². The first-order valence-corrected chi connectivity index (χ1v) is 6.18. The highest BCUT2D eigenvalue weighted by atomic mass is 35.5. The molecule has 1 aliphatic heterocycles. The lowest BCUT2D eigenvalue weighted by atomic mass is 9.90. The molecule has 0 radical (unpaired) electrons. The maximum atomic E-state index is 12.0. The predicted octanol–water partition coefficient (Wildman–Crippen LogP) is 0.567. The van der Waals surface area contributed by atoms with Crippen molar-refractivity contribution in [3.63, 3.8) is 0 Å². The molecule has 0 aliphatic carbocycles. The van der Waals surface area contributed by atoms with E-state index in [4.69, 9.17) is 5.73 Å². The lowest BCUT2D eigenvalue weighted by molar-refractivity contribution is -0.127. The lowest BCUT2D eigenvalue weighted by Gasteiger charge is -2.32. The maximum absolute atomic E-state index is 12.0. The Morgan fingerprint density at radius 3 is 2.61 bits per heavy atom. The van der Waals surface area contributed by atoms with Gasteiger partial charge in [-0.15, -0.1) is 12.4 Å². The van der Waals surface area contributed by atoms with Crippen LogP contribution in [0.3, 0.4) is 0 Å². The van der Waals surface area contributed by atoms with Crippen LogP contribution in [0.25, 0.3) is 0 Å². The van der Waals surface area contributed by atoms with Crippen LogP contribution in [0.4, 0.5) is 0 Å². The Bertz CT molecular complexity index is 310. The Labute approximate surface area is 115 Å². The van der Waals surface area contributed by atoms with E-state index in [9.17, 15) is 9.59 Å². The van der Waals surface area contributed by atoms with E-state index in [1.807, 2.05) is 6.92 Å². The monoisotopic (exact) mass is 277 g/mol. The summed E-state index contributed by atoms with van der Waals surface area (Å²) < 4.78 is 0. The molecular weight excluding hydrogens is 254 g/mol. The van der Waals surface area contributed by atoms with Gasteiger partial charge in [-0.1, -0.05) is 13.8 Å². The molecule has 6 heteroatoms. The summed E-state index contributed by atoms with van der Waals surface area (Å²) in [6, 6.07) is -0.388. The van der Waals surface area contributed by atoms with Crippen LogP contribution >= 0.6 is 12.4 Å². The van der Waals surface area contributed by atoms with Gasteiger partial charge in [0.15, 0.2) is 0 Å². The van der Waals surface area contributed by atoms with Crippen molar-refractivity contribution < 1.29 is 9.59 Å². The number of nitrogens with two attached hydrogens (primary N) is 1. The van der Waals surface area contributed by atoms with Gasteiger partial charge in [0.1, 0.15) is 6.04 Å². The molecule has 0 bridgehead atoms. The number of halogens is 1. The zero-order valence-corrected chi connectivity index (χ0v) is 12.1. The average molecular weight is 278 g/mol. The minimum Gasteiger partial charge on any atom is -0.348 e. The largest absolute Gasteiger partial charge is 0.348 e. The molecule has 4 N–H and O–H groups in total. The number of carbonyl (C=O) groups excluding carboxylic acids is 2. The zero-order chi connectivity index (χ0) is 13.1. The van der Waals surface area contributed by atoms with E-state index in [2.05, 4.69) is 24.5 Å². The van der Waals surface area contributed by atoms with Gasteiger partial charge < -0.3 is 16.4 Å². The van der Waals surface area contributed by atoms with Crippen molar-refractivity contribution >= 4 is 24.2 Å². The van der Waals surface area contributed by atoms with Gasteiger partial charge in [-0.3, -0.25) is 9.59 Å². The number of hydrogen-bond donors (Lipinski definition) is 3. The van der Waals surface area contributed by atoms with Gasteiger partial charge in [0, 0.05) is 18.5 Å². The molecule has 1 fully saturated rings. The van der Waals surface area contributed by atoms with E-state index < -0.39 is 5.54 Å². The van der Waals surface area contributed by atoms with Gasteiger partial charge in [-0.25, -0.2) is 0 Å². The van der Waals surface area contributed by atoms with Gasteiger partial charge in [0.05, 0.1) is 0 Å². The van der Waals surface area contributed by atoms with Gasteiger partial charge in [-0.2, -0.15) is 0 Å². The summed E-state index contributed by atoms with van der Waals surface area (Å²) in [5, 5.41) is 5.62. The Balaban J connectivity index is 0.00000289. The molecular formula is C12H24ClN3O2. The van der Waals surface area contributed by atoms with Crippen molar-refractivity contribution in [2.24, 2.45) is 11.7 Å². The second-order valence-electron chi connectivity index (χ2n) is 5.51. The first-order chi connectivity index (χ1) is 7.86. The highest BCUT2D eigenvalue weighted by molar-refractivity contribution is 5.91. The molecule has 106 valence electrons. The summed E-state index contributed by atoms with van der Waals surface area (Å²) >= 11 is 0. The van der Waals surface area contributed by atoms with Crippen LogP contribution in [0, 0.1) is 5.92 Å². The third kappa shape index (κ3) is 4.82. The third-order valence-electron chi connectivity index (χ3n) is 3.05. The van der Waals surface area contributed by atoms with Crippen molar-refractivity contribution in [2.75, 3.05) is 6.54 Å². The molecule has 1 heterocycles. The summed E-state index contributed by atoms with van der Waals surface area (Å²) in [6.45, 7) is 6.54. The summed E-state index contributed by atoms with van der Waals surface area (Å²) in [6.07, 6.45) is 1.84. The predicted molar refractivity (Wildman–Crippen MR) is 73.5 cm³/mol. The molecule has 0 aromatic heterocycles. The van der Waals surface area contributed by atoms with Crippen molar-refractivity contribution in [3.8, 4) is 0 Å². The van der Waals surface area contributed by atoms with E-state index in [0.29, 0.717) is 25.3 Å². The van der Waals surface area contributed by atoms with Crippen LogP contribution in [0.5, 0.6) is 0 Å². The second kappa shape index (κ2) is 6.95. The molecule has 1 unspecified atom stereocenters. The maximum Gasteiger partial charge on any atom is 0.243 e. The molecule has 0 spiro atoms. The standard InChI is InChI=1S/C12H23N3O2.ClH/c1-8(2)6-12(3,7-13)15-11(17)9-4-5-10(16)14-9;/h8-9H,4-7,13H2,1-3H3,(H,14,16)(H,15,17);1H/t9-,12?;/m1./s1. The van der Waals surface area contributed by atoms with E-state index >= 15 is 0 Å². The first-order valence-electron chi connectivity index (χ1n) is 6.18. The van der Waals surface area contributed by atoms with Crippen LogP contribution in [-0.2, 0) is 9.59 Å². The molecule has 18 heavy (non-hydrogen) atoms. The SMILES string of the molecule is CC(C)CC(C)(CN)NC(=O)[C@H]1CCC(=O)N1.Cl. The van der Waals surface area contributed by atoms with Gasteiger partial charge in [0.2, 0.25) is 11.8 Å². The quantitative estimate of drug-likeness (QED) is 0.687. The van der Waals surface area contributed by atoms with Gasteiger partial charge >= 0.3 is 0 Å². The fourth-order valence-corrected chi connectivity index (χ4v) is 2.28. The lowest BCUT2D eigenvalue weighted by Crippen LogP contribution is -2.56. The van der Waals surface area contributed by atoms with E-state index in [0.717, 1.165) is 6.42 Å². The summed E-state index contributed by atoms with van der Waals surface area (Å²) in [7, 11) is 0. The number of carbonyl (C=O) groups is 2. The fraction of sp³-hybridized carbons (Fsp3) is 0.833. The van der Waals surface area contributed by atoms with E-state index in [-0.39, 0.29) is 30.3 Å². The van der Waals surface area contributed by atoms with Gasteiger partial charge in [-0.05, 0) is 25.7 Å². The summed E-state index contributed by atoms with van der Waals surface area (Å²) in [4.78, 5) is 23.0. The van der Waals surface area contributed by atoms with Gasteiger partial charge in [0.25, 0.3) is 0 Å². The molecule has 0 aromatic carbocycles. The highest BCUT2D eigenvalue weighted by Crippen LogP contribution is 2.16. The Hall–Kier alpha value is -0.810. The second-order valence-corrected chi connectivity index (χ2v) is 5.51. The van der Waals surface area contributed by atoms with Crippen molar-refractivity contribution in [1.29, 1.82) is 0 Å². The molecule has 0 aromatic rings. The van der Waals surface area contributed by atoms with Crippen LogP contribution in [0.2, 0.25) is 0 Å². The topological polar surface area (TPSA) is 84.2 Å². The minimum atomic E-state index is -0.390. The van der Waals surface area contributed by atoms with E-state index in [1.54, 1.807) is 0 Å². The molecule has 2 atom stereocenters. The van der Waals surface area contributed by atoms with Crippen LogP contribution < -0.4 is 16.4 Å². The summed E-state index contributed by atoms with van der Waals surface area (Å²) in [5.41, 5.74) is 5.34. The number of amides is 2. The normalized spacial score (nSPS) is 22.1. The van der Waals surface area contributed by atoms with Crippen molar-refractivity contribution in [1.82, 2.24) is 10.6 Å². The third-order valence-corrected chi connectivity index (χ3v) is 3.05. The van der Waals surface area contributed by atoms with Crippen molar-refractivity contribution in [2.45, 2.75) is 51.6 Å². The minimum absolute atomic E-state index is 0. The average Bonchev–Trinajstić information content (AvgIpc) is 2.63. The van der Waals surface area contributed by atoms with E-state index in [1.165, 1.54) is 0 Å². The smallest absolute Gasteiger partial charge is 0.243 e. The Morgan fingerprint density at radius 1 is 1.61 bits per heavy atom. The molecule has 5 nitrogen and oxygen atoms in total. The number of nitrogens with one attached hydrogen (secondary N) is 2. The summed E-state index contributed by atoms with van der Waals surface area (Å²) in [5.74, 6) is 0.287. The van der Waals surface area contributed by atoms with Crippen LogP contribution in [0.15, 0.2) is 0 Å². The zero-order valence-electron chi connectivity index (χ0n) is 11.3. The molecule has 1 aliphatic rings.